The zero-order valence-corrected chi connectivity index (χ0v) is 20.2. The Kier molecular flexibility index (Phi) is 7.80. The third-order valence-corrected chi connectivity index (χ3v) is 6.86. The third kappa shape index (κ3) is 6.46. The van der Waals surface area contributed by atoms with Gasteiger partial charge in [0.05, 0.1) is 19.4 Å². The van der Waals surface area contributed by atoms with Crippen molar-refractivity contribution in [1.29, 1.82) is 0 Å². The van der Waals surface area contributed by atoms with E-state index in [0.717, 1.165) is 17.7 Å². The van der Waals surface area contributed by atoms with Gasteiger partial charge in [0.25, 0.3) is 5.22 Å². The van der Waals surface area contributed by atoms with E-state index in [2.05, 4.69) is 41.4 Å². The van der Waals surface area contributed by atoms with Crippen LogP contribution in [0.5, 0.6) is 5.75 Å². The summed E-state index contributed by atoms with van der Waals surface area (Å²) >= 11 is 2.99. The summed E-state index contributed by atoms with van der Waals surface area (Å²) in [5.74, 6) is 1.47. The average Bonchev–Trinajstić information content (AvgIpc) is 3.49. The van der Waals surface area contributed by atoms with Gasteiger partial charge in [-0.15, -0.1) is 21.5 Å². The van der Waals surface area contributed by atoms with E-state index < -0.39 is 0 Å². The first kappa shape index (κ1) is 23.1. The molecule has 0 saturated heterocycles. The van der Waals surface area contributed by atoms with Gasteiger partial charge in [0.15, 0.2) is 0 Å². The summed E-state index contributed by atoms with van der Waals surface area (Å²) in [6, 6.07) is 21.8. The van der Waals surface area contributed by atoms with Gasteiger partial charge in [0, 0.05) is 21.9 Å². The number of benzene rings is 2. The van der Waals surface area contributed by atoms with Gasteiger partial charge in [-0.05, 0) is 55.3 Å². The normalized spacial score (nSPS) is 10.8. The van der Waals surface area contributed by atoms with Crippen molar-refractivity contribution < 1.29 is 13.9 Å². The summed E-state index contributed by atoms with van der Waals surface area (Å²) in [6.45, 7) is 3.34. The van der Waals surface area contributed by atoms with Crippen LogP contribution in [0, 0.1) is 6.92 Å². The molecular formula is C25H25N3O3S2. The van der Waals surface area contributed by atoms with Crippen LogP contribution in [0.3, 0.4) is 0 Å². The van der Waals surface area contributed by atoms with Gasteiger partial charge in [-0.1, -0.05) is 42.1 Å². The largest absolute Gasteiger partial charge is 0.497 e. The van der Waals surface area contributed by atoms with E-state index in [4.69, 9.17) is 9.15 Å². The Bertz CT molecular complexity index is 1170. The number of rotatable bonds is 10. The van der Waals surface area contributed by atoms with E-state index >= 15 is 0 Å². The number of carbonyl (C=O) groups is 1. The molecule has 1 amide bonds. The number of thiophene rings is 1. The number of carbonyl (C=O) groups excluding carboxylic acids is 1. The maximum absolute atomic E-state index is 13.1. The molecule has 0 aliphatic heterocycles. The standard InChI is InChI=1S/C25H25N3O3S2/c1-18-8-13-22(33-18)16-28(15-14-19-6-4-3-5-7-19)23(29)17-32-25-27-26-24(31-25)20-9-11-21(30-2)12-10-20/h3-13H,14-17H2,1-2H3. The second-order valence-corrected chi connectivity index (χ2v) is 9.75. The lowest BCUT2D eigenvalue weighted by Gasteiger charge is -2.22. The first-order valence-corrected chi connectivity index (χ1v) is 12.4. The van der Waals surface area contributed by atoms with Crippen molar-refractivity contribution in [1.82, 2.24) is 15.1 Å². The highest BCUT2D eigenvalue weighted by Gasteiger charge is 2.18. The van der Waals surface area contributed by atoms with E-state index in [9.17, 15) is 4.79 Å². The van der Waals surface area contributed by atoms with Crippen LogP contribution in [0.25, 0.3) is 11.5 Å². The molecule has 6 nitrogen and oxygen atoms in total. The Hall–Kier alpha value is -3.10. The molecule has 0 bridgehead atoms. The Balaban J connectivity index is 1.38. The summed E-state index contributed by atoms with van der Waals surface area (Å²) in [6.07, 6.45) is 0.809. The summed E-state index contributed by atoms with van der Waals surface area (Å²) in [4.78, 5) is 17.4. The van der Waals surface area contributed by atoms with E-state index in [1.165, 1.54) is 27.1 Å². The maximum Gasteiger partial charge on any atom is 0.277 e. The zero-order valence-electron chi connectivity index (χ0n) is 18.6. The van der Waals surface area contributed by atoms with Crippen molar-refractivity contribution in [2.45, 2.75) is 25.1 Å². The summed E-state index contributed by atoms with van der Waals surface area (Å²) < 4.78 is 10.9. The molecular weight excluding hydrogens is 454 g/mol. The molecule has 2 aromatic heterocycles. The molecule has 2 aromatic carbocycles. The highest BCUT2D eigenvalue weighted by molar-refractivity contribution is 7.99. The Morgan fingerprint density at radius 1 is 1.06 bits per heavy atom. The predicted molar refractivity (Wildman–Crippen MR) is 132 cm³/mol. The topological polar surface area (TPSA) is 68.5 Å². The molecule has 2 heterocycles. The molecule has 0 radical (unpaired) electrons. The van der Waals surface area contributed by atoms with Crippen molar-refractivity contribution in [2.75, 3.05) is 19.4 Å². The molecule has 4 aromatic rings. The van der Waals surface area contributed by atoms with Crippen LogP contribution in [0.2, 0.25) is 0 Å². The zero-order chi connectivity index (χ0) is 23.0. The number of aromatic nitrogens is 2. The number of hydrogen-bond donors (Lipinski definition) is 0. The molecule has 0 atom stereocenters. The monoisotopic (exact) mass is 479 g/mol. The van der Waals surface area contributed by atoms with Crippen molar-refractivity contribution in [3.63, 3.8) is 0 Å². The molecule has 33 heavy (non-hydrogen) atoms. The molecule has 0 saturated carbocycles. The fraction of sp³-hybridized carbons (Fsp3) is 0.240. The lowest BCUT2D eigenvalue weighted by molar-refractivity contribution is -0.128. The Morgan fingerprint density at radius 3 is 2.55 bits per heavy atom. The summed E-state index contributed by atoms with van der Waals surface area (Å²) in [5, 5.41) is 8.58. The number of amides is 1. The fourth-order valence-electron chi connectivity index (χ4n) is 3.29. The van der Waals surface area contributed by atoms with Crippen LogP contribution in [-0.4, -0.2) is 40.4 Å². The molecule has 0 fully saturated rings. The van der Waals surface area contributed by atoms with Gasteiger partial charge in [0.1, 0.15) is 5.75 Å². The minimum absolute atomic E-state index is 0.0474. The minimum atomic E-state index is 0.0474. The van der Waals surface area contributed by atoms with Crippen LogP contribution in [-0.2, 0) is 17.8 Å². The van der Waals surface area contributed by atoms with Gasteiger partial charge >= 0.3 is 0 Å². The first-order valence-electron chi connectivity index (χ1n) is 10.6. The minimum Gasteiger partial charge on any atom is -0.497 e. The fourth-order valence-corrected chi connectivity index (χ4v) is 4.86. The summed E-state index contributed by atoms with van der Waals surface area (Å²) in [7, 11) is 1.62. The highest BCUT2D eigenvalue weighted by Crippen LogP contribution is 2.25. The van der Waals surface area contributed by atoms with E-state index in [1.807, 2.05) is 47.4 Å². The van der Waals surface area contributed by atoms with Gasteiger partial charge in [-0.3, -0.25) is 4.79 Å². The smallest absolute Gasteiger partial charge is 0.277 e. The van der Waals surface area contributed by atoms with Crippen LogP contribution in [0.4, 0.5) is 0 Å². The second kappa shape index (κ2) is 11.2. The number of ether oxygens (including phenoxy) is 1. The van der Waals surface area contributed by atoms with Crippen LogP contribution in [0.15, 0.2) is 76.4 Å². The first-order chi connectivity index (χ1) is 16.1. The lowest BCUT2D eigenvalue weighted by atomic mass is 10.1. The quantitative estimate of drug-likeness (QED) is 0.281. The predicted octanol–water partition coefficient (Wildman–Crippen LogP) is 5.48. The molecule has 8 heteroatoms. The number of aryl methyl sites for hydroxylation is 1. The van der Waals surface area contributed by atoms with E-state index in [-0.39, 0.29) is 11.7 Å². The average molecular weight is 480 g/mol. The number of thioether (sulfide) groups is 1. The molecule has 0 unspecified atom stereocenters. The summed E-state index contributed by atoms with van der Waals surface area (Å²) in [5.41, 5.74) is 2.02. The molecule has 0 spiro atoms. The lowest BCUT2D eigenvalue weighted by Crippen LogP contribution is -2.33. The van der Waals surface area contributed by atoms with Crippen LogP contribution >= 0.6 is 23.1 Å². The Labute approximate surface area is 201 Å². The molecule has 0 aliphatic carbocycles. The second-order valence-electron chi connectivity index (χ2n) is 7.45. The van der Waals surface area contributed by atoms with Crippen molar-refractivity contribution in [2.24, 2.45) is 0 Å². The molecule has 4 rings (SSSR count). The highest BCUT2D eigenvalue weighted by atomic mass is 32.2. The Morgan fingerprint density at radius 2 is 1.85 bits per heavy atom. The maximum atomic E-state index is 13.1. The number of hydrogen-bond acceptors (Lipinski definition) is 7. The van der Waals surface area contributed by atoms with Crippen LogP contribution < -0.4 is 4.74 Å². The van der Waals surface area contributed by atoms with Gasteiger partial charge in [-0.2, -0.15) is 0 Å². The van der Waals surface area contributed by atoms with E-state index in [0.29, 0.717) is 24.2 Å². The van der Waals surface area contributed by atoms with Gasteiger partial charge < -0.3 is 14.1 Å². The van der Waals surface area contributed by atoms with Crippen molar-refractivity contribution >= 4 is 29.0 Å². The van der Waals surface area contributed by atoms with Crippen molar-refractivity contribution in [3.8, 4) is 17.2 Å². The van der Waals surface area contributed by atoms with E-state index in [1.54, 1.807) is 18.4 Å². The molecule has 0 N–H and O–H groups in total. The SMILES string of the molecule is COc1ccc(-c2nnc(SCC(=O)N(CCc3ccccc3)Cc3ccc(C)s3)o2)cc1. The van der Waals surface area contributed by atoms with Crippen molar-refractivity contribution in [3.05, 3.63) is 82.0 Å². The number of methoxy groups -OCH3 is 1. The van der Waals surface area contributed by atoms with Gasteiger partial charge in [0.2, 0.25) is 11.8 Å². The third-order valence-electron chi connectivity index (χ3n) is 5.07. The van der Waals surface area contributed by atoms with Gasteiger partial charge in [-0.25, -0.2) is 0 Å². The molecule has 170 valence electrons. The van der Waals surface area contributed by atoms with Crippen LogP contribution in [0.1, 0.15) is 15.3 Å². The number of nitrogens with zero attached hydrogens (tertiary/aromatic N) is 3. The molecule has 0 aliphatic rings.